The molecule has 11 heteroatoms. The molecule has 164 valence electrons. The zero-order valence-electron chi connectivity index (χ0n) is 17.5. The van der Waals surface area contributed by atoms with Crippen LogP contribution >= 0.6 is 11.3 Å². The van der Waals surface area contributed by atoms with Crippen molar-refractivity contribution in [3.05, 3.63) is 70.3 Å². The molecule has 1 aromatic heterocycles. The molecule has 0 saturated heterocycles. The summed E-state index contributed by atoms with van der Waals surface area (Å²) in [7, 11) is 0. The maximum atomic E-state index is 10.7. The molecule has 2 unspecified atom stereocenters. The first-order valence-electron chi connectivity index (χ1n) is 9.84. The number of nitro benzene ring substituents is 1. The zero-order valence-corrected chi connectivity index (χ0v) is 20.5. The van der Waals surface area contributed by atoms with Crippen molar-refractivity contribution in [3.8, 4) is 12.1 Å². The minimum atomic E-state index is -0.483. The van der Waals surface area contributed by atoms with E-state index in [0.29, 0.717) is 38.1 Å². The van der Waals surface area contributed by atoms with Gasteiger partial charge in [-0.2, -0.15) is 0 Å². The van der Waals surface area contributed by atoms with Crippen molar-refractivity contribution in [2.45, 2.75) is 24.5 Å². The fraction of sp³-hybridized carbons (Fsp3) is 0.182. The van der Waals surface area contributed by atoms with E-state index in [0.717, 1.165) is 6.42 Å². The van der Waals surface area contributed by atoms with Crippen molar-refractivity contribution in [2.24, 2.45) is 20.5 Å². The van der Waals surface area contributed by atoms with Gasteiger partial charge in [-0.05, 0) is 12.1 Å². The summed E-state index contributed by atoms with van der Waals surface area (Å²) in [6.07, 6.45) is 1.52. The van der Waals surface area contributed by atoms with Gasteiger partial charge in [0.25, 0.3) is 5.69 Å². The van der Waals surface area contributed by atoms with Gasteiger partial charge in [-0.15, -0.1) is 0 Å². The summed E-state index contributed by atoms with van der Waals surface area (Å²) >= 11 is 0.862. The van der Waals surface area contributed by atoms with Crippen molar-refractivity contribution in [1.29, 1.82) is 10.5 Å². The molecule has 0 aliphatic rings. The van der Waals surface area contributed by atoms with Crippen LogP contribution in [-0.4, -0.2) is 20.7 Å². The van der Waals surface area contributed by atoms with Crippen LogP contribution in [0.15, 0.2) is 75.1 Å². The minimum absolute atomic E-state index is 0.0248. The second-order valence-corrected chi connectivity index (χ2v) is 11.8. The van der Waals surface area contributed by atoms with Crippen LogP contribution < -0.4 is 4.35 Å². The van der Waals surface area contributed by atoms with Crippen LogP contribution in [-0.2, 0) is 0 Å². The van der Waals surface area contributed by atoms with Crippen molar-refractivity contribution < 1.29 is 4.92 Å². The van der Waals surface area contributed by atoms with Crippen LogP contribution in [0.3, 0.4) is 0 Å². The molecule has 3 rings (SSSR count). The SMILES string of the molecule is CC(CCC#N)[AsH]c1ccc(N=Nc2sc(N=Nc3ccc([N+](=O)[O-])cc3)cc2C#N)cc1. The number of rotatable bonds is 9. The Balaban J connectivity index is 1.67. The predicted molar refractivity (Wildman–Crippen MR) is 128 cm³/mol. The van der Waals surface area contributed by atoms with Crippen LogP contribution in [0, 0.1) is 32.8 Å². The second-order valence-electron chi connectivity index (χ2n) is 6.88. The summed E-state index contributed by atoms with van der Waals surface area (Å²) in [6, 6.07) is 19.4. The van der Waals surface area contributed by atoms with Gasteiger partial charge in [0, 0.05) is 12.1 Å². The molecule has 0 aliphatic heterocycles. The van der Waals surface area contributed by atoms with Crippen LogP contribution in [0.4, 0.5) is 27.1 Å². The molecule has 3 aromatic rings. The van der Waals surface area contributed by atoms with Crippen molar-refractivity contribution >= 4 is 58.5 Å². The number of hydrogen-bond donors (Lipinski definition) is 0. The number of nitriles is 2. The number of non-ortho nitro benzene ring substituents is 1. The van der Waals surface area contributed by atoms with Crippen molar-refractivity contribution in [2.75, 3.05) is 0 Å². The Hall–Kier alpha value is -3.72. The summed E-state index contributed by atoms with van der Waals surface area (Å²) in [4.78, 5) is 10.2. The van der Waals surface area contributed by atoms with E-state index in [4.69, 9.17) is 5.26 Å². The summed E-state index contributed by atoms with van der Waals surface area (Å²) in [5.74, 6) is 0. The molecule has 0 radical (unpaired) electrons. The molecule has 9 nitrogen and oxygen atoms in total. The molecule has 0 fully saturated rings. The quantitative estimate of drug-likeness (QED) is 0.137. The van der Waals surface area contributed by atoms with Gasteiger partial charge in [-0.3, -0.25) is 10.1 Å². The Labute approximate surface area is 201 Å². The van der Waals surface area contributed by atoms with Crippen LogP contribution in [0.2, 0.25) is 4.71 Å². The van der Waals surface area contributed by atoms with E-state index in [2.05, 4.69) is 39.5 Å². The Kier molecular flexibility index (Phi) is 8.54. The van der Waals surface area contributed by atoms with Gasteiger partial charge >= 0.3 is 156 Å². The fourth-order valence-electron chi connectivity index (χ4n) is 2.69. The normalized spacial score (nSPS) is 12.3. The van der Waals surface area contributed by atoms with Crippen LogP contribution in [0.5, 0.6) is 0 Å². The monoisotopic (exact) mass is 519 g/mol. The first kappa shape index (κ1) is 23.9. The Bertz CT molecular complexity index is 1260. The molecule has 0 saturated carbocycles. The predicted octanol–water partition coefficient (Wildman–Crippen LogP) is 6.53. The van der Waals surface area contributed by atoms with Crippen LogP contribution in [0.1, 0.15) is 25.3 Å². The summed E-state index contributed by atoms with van der Waals surface area (Å²) < 4.78 is 1.85. The van der Waals surface area contributed by atoms with E-state index in [1.54, 1.807) is 6.07 Å². The first-order chi connectivity index (χ1) is 16.0. The van der Waals surface area contributed by atoms with Gasteiger partial charge in [0.2, 0.25) is 0 Å². The van der Waals surface area contributed by atoms with Gasteiger partial charge in [0.15, 0.2) is 0 Å². The molecule has 0 bridgehead atoms. The molecule has 33 heavy (non-hydrogen) atoms. The number of hydrogen-bond acceptors (Lipinski definition) is 9. The Morgan fingerprint density at radius 1 is 1.03 bits per heavy atom. The summed E-state index contributed by atoms with van der Waals surface area (Å²) in [6.45, 7) is 2.18. The molecule has 0 aliphatic carbocycles. The molecule has 2 atom stereocenters. The third-order valence-corrected chi connectivity index (χ3v) is 8.31. The standard InChI is InChI=1S/C22H18AsN7O2S/c1-15(3-2-12-24)23-17-4-6-18(7-5-17)27-29-22-16(14-25)13-21(33-22)28-26-19-8-10-20(11-9-19)30(31)32/h4-11,13,15,23H,2-3H2,1H3. The maximum absolute atomic E-state index is 10.7. The first-order valence-corrected chi connectivity index (χ1v) is 12.9. The van der Waals surface area contributed by atoms with E-state index in [-0.39, 0.29) is 21.4 Å². The average Bonchev–Trinajstić information content (AvgIpc) is 3.23. The Morgan fingerprint density at radius 2 is 1.67 bits per heavy atom. The summed E-state index contributed by atoms with van der Waals surface area (Å²) in [5.41, 5.74) is 1.46. The summed E-state index contributed by atoms with van der Waals surface area (Å²) in [5, 5.41) is 46.3. The molecule has 2 aromatic carbocycles. The number of nitro groups is 1. The molecule has 0 spiro atoms. The van der Waals surface area contributed by atoms with Crippen molar-refractivity contribution in [1.82, 2.24) is 0 Å². The van der Waals surface area contributed by atoms with Gasteiger partial charge in [0.1, 0.15) is 0 Å². The number of benzene rings is 2. The molecular formula is C22H18AsN7O2S. The third kappa shape index (κ3) is 7.15. The second kappa shape index (κ2) is 11.8. The van der Waals surface area contributed by atoms with E-state index in [9.17, 15) is 15.4 Å². The van der Waals surface area contributed by atoms with E-state index in [1.807, 2.05) is 24.3 Å². The molecule has 0 N–H and O–H groups in total. The Morgan fingerprint density at radius 3 is 2.27 bits per heavy atom. The van der Waals surface area contributed by atoms with Gasteiger partial charge in [-0.1, -0.05) is 0 Å². The molecule has 0 amide bonds. The van der Waals surface area contributed by atoms with Crippen molar-refractivity contribution in [3.63, 3.8) is 0 Å². The third-order valence-electron chi connectivity index (χ3n) is 4.37. The van der Waals surface area contributed by atoms with Crippen LogP contribution in [0.25, 0.3) is 0 Å². The topological polar surface area (TPSA) is 140 Å². The fourth-order valence-corrected chi connectivity index (χ4v) is 5.99. The average molecular weight is 519 g/mol. The number of thiophene rings is 1. The van der Waals surface area contributed by atoms with Gasteiger partial charge in [-0.25, -0.2) is 0 Å². The zero-order chi connectivity index (χ0) is 23.6. The van der Waals surface area contributed by atoms with E-state index in [1.165, 1.54) is 40.0 Å². The number of nitrogens with zero attached hydrogens (tertiary/aromatic N) is 7. The molecule has 1 heterocycles. The number of azo groups is 2. The van der Waals surface area contributed by atoms with E-state index >= 15 is 0 Å². The van der Waals surface area contributed by atoms with Gasteiger partial charge < -0.3 is 0 Å². The van der Waals surface area contributed by atoms with Gasteiger partial charge in [0.05, 0.1) is 4.92 Å². The van der Waals surface area contributed by atoms with E-state index < -0.39 is 4.92 Å². The molecular weight excluding hydrogens is 501 g/mol.